The number of aromatic nitrogens is 1. The quantitative estimate of drug-likeness (QED) is 0.299. The lowest BCUT2D eigenvalue weighted by Crippen LogP contribution is -2.26. The molecule has 0 saturated carbocycles. The van der Waals surface area contributed by atoms with Gasteiger partial charge in [0.05, 0.1) is 11.1 Å². The Balaban J connectivity index is 1.31. The van der Waals surface area contributed by atoms with E-state index in [1.807, 2.05) is 37.3 Å². The van der Waals surface area contributed by atoms with Gasteiger partial charge in [-0.2, -0.15) is 0 Å². The zero-order valence-electron chi connectivity index (χ0n) is 20.1. The number of benzene rings is 2. The molecule has 2 aliphatic rings. The fraction of sp³-hybridized carbons (Fsp3) is 0.241. The fourth-order valence-corrected chi connectivity index (χ4v) is 5.27. The molecule has 7 heteroatoms. The molecule has 36 heavy (non-hydrogen) atoms. The van der Waals surface area contributed by atoms with Gasteiger partial charge in [0, 0.05) is 51.7 Å². The molecule has 1 fully saturated rings. The number of halogens is 1. The summed E-state index contributed by atoms with van der Waals surface area (Å²) in [5, 5.41) is 8.15. The van der Waals surface area contributed by atoms with Crippen LogP contribution < -0.4 is 10.6 Å². The third-order valence-electron chi connectivity index (χ3n) is 6.85. The number of furan rings is 1. The highest BCUT2D eigenvalue weighted by molar-refractivity contribution is 6.36. The van der Waals surface area contributed by atoms with Crippen LogP contribution in [0.5, 0.6) is 0 Å². The van der Waals surface area contributed by atoms with E-state index in [4.69, 9.17) is 21.0 Å². The Labute approximate surface area is 215 Å². The van der Waals surface area contributed by atoms with Crippen molar-refractivity contribution in [3.05, 3.63) is 76.6 Å². The molecule has 0 radical (unpaired) electrons. The van der Waals surface area contributed by atoms with Crippen molar-refractivity contribution in [1.29, 1.82) is 0 Å². The van der Waals surface area contributed by atoms with Crippen molar-refractivity contribution in [1.82, 2.24) is 9.88 Å². The number of anilines is 2. The number of hydrogen-bond donors (Lipinski definition) is 2. The van der Waals surface area contributed by atoms with Crippen LogP contribution in [0.1, 0.15) is 29.9 Å². The van der Waals surface area contributed by atoms with E-state index in [0.717, 1.165) is 52.2 Å². The summed E-state index contributed by atoms with van der Waals surface area (Å²) >= 11 is 6.16. The molecule has 182 valence electrons. The van der Waals surface area contributed by atoms with Crippen molar-refractivity contribution in [2.45, 2.75) is 19.8 Å². The van der Waals surface area contributed by atoms with E-state index in [2.05, 4.69) is 27.7 Å². The molecular weight excluding hydrogens is 472 g/mol. The van der Waals surface area contributed by atoms with Gasteiger partial charge >= 0.3 is 0 Å². The van der Waals surface area contributed by atoms with Gasteiger partial charge in [-0.05, 0) is 81.4 Å². The zero-order chi connectivity index (χ0) is 24.6. The largest absolute Gasteiger partial charge is 0.457 e. The maximum absolute atomic E-state index is 12.6. The minimum Gasteiger partial charge on any atom is -0.457 e. The van der Waals surface area contributed by atoms with E-state index in [0.29, 0.717) is 22.1 Å². The average Bonchev–Trinajstić information content (AvgIpc) is 3.61. The lowest BCUT2D eigenvalue weighted by molar-refractivity contribution is -0.110. The maximum Gasteiger partial charge on any atom is 0.256 e. The summed E-state index contributed by atoms with van der Waals surface area (Å²) in [7, 11) is 0. The molecule has 1 saturated heterocycles. The van der Waals surface area contributed by atoms with Crippen LogP contribution in [0, 0.1) is 6.92 Å². The van der Waals surface area contributed by atoms with E-state index in [1.54, 1.807) is 18.2 Å². The van der Waals surface area contributed by atoms with Gasteiger partial charge in [0.25, 0.3) is 5.91 Å². The topological polar surface area (TPSA) is 70.4 Å². The molecule has 0 bridgehead atoms. The lowest BCUT2D eigenvalue weighted by atomic mass is 10.1. The monoisotopic (exact) mass is 498 g/mol. The van der Waals surface area contributed by atoms with Crippen molar-refractivity contribution >= 4 is 51.4 Å². The van der Waals surface area contributed by atoms with Crippen molar-refractivity contribution in [3.8, 4) is 11.3 Å². The van der Waals surface area contributed by atoms with Gasteiger partial charge in [-0.1, -0.05) is 23.7 Å². The molecule has 2 aliphatic heterocycles. The van der Waals surface area contributed by atoms with Gasteiger partial charge in [-0.3, -0.25) is 9.78 Å². The number of nitrogens with one attached hydrogen (secondary N) is 2. The molecule has 0 atom stereocenters. The number of fused-ring (bicyclic) bond motifs is 2. The van der Waals surface area contributed by atoms with Crippen molar-refractivity contribution < 1.29 is 9.21 Å². The summed E-state index contributed by atoms with van der Waals surface area (Å²) in [6, 6.07) is 17.4. The first-order chi connectivity index (χ1) is 17.5. The van der Waals surface area contributed by atoms with E-state index in [9.17, 15) is 4.79 Å². The highest BCUT2D eigenvalue weighted by Crippen LogP contribution is 2.37. The number of aryl methyl sites for hydroxylation is 1. The molecule has 6 nitrogen and oxygen atoms in total. The third kappa shape index (κ3) is 4.38. The van der Waals surface area contributed by atoms with Crippen LogP contribution in [0.25, 0.3) is 33.9 Å². The first-order valence-electron chi connectivity index (χ1n) is 12.3. The summed E-state index contributed by atoms with van der Waals surface area (Å²) in [6.07, 6.45) is 4.36. The van der Waals surface area contributed by atoms with Crippen LogP contribution in [0.3, 0.4) is 0 Å². The van der Waals surface area contributed by atoms with Gasteiger partial charge in [0.2, 0.25) is 0 Å². The van der Waals surface area contributed by atoms with Crippen LogP contribution >= 0.6 is 11.6 Å². The summed E-state index contributed by atoms with van der Waals surface area (Å²) < 4.78 is 6.21. The summed E-state index contributed by atoms with van der Waals surface area (Å²) in [4.78, 5) is 19.9. The number of likely N-dealkylation sites (tertiary alicyclic amines) is 1. The lowest BCUT2D eigenvalue weighted by Gasteiger charge is -2.17. The number of nitrogens with zero attached hydrogens (tertiary/aromatic N) is 2. The normalized spacial score (nSPS) is 16.6. The Hall–Kier alpha value is -3.61. The second-order valence-corrected chi connectivity index (χ2v) is 9.83. The predicted molar refractivity (Wildman–Crippen MR) is 146 cm³/mol. The minimum atomic E-state index is -0.169. The molecule has 4 aromatic rings. The molecule has 2 N–H and O–H groups in total. The molecule has 1 amide bonds. The molecule has 0 aliphatic carbocycles. The zero-order valence-corrected chi connectivity index (χ0v) is 20.9. The molecule has 0 unspecified atom stereocenters. The molecule has 2 aromatic heterocycles. The van der Waals surface area contributed by atoms with Gasteiger partial charge in [-0.25, -0.2) is 0 Å². The standard InChI is InChI=1S/C29H27ClN4O2/c1-18-15-26(31-11-14-34-12-2-3-13-34)21-5-4-6-22(28(21)32-18)27-10-8-20(36-27)17-24-23-16-19(30)7-9-25(23)33-29(24)35/h4-10,15-17H,2-3,11-14H2,1H3,(H,31,32)(H,33,35)/b24-17+. The highest BCUT2D eigenvalue weighted by Gasteiger charge is 2.25. The second kappa shape index (κ2) is 9.45. The Morgan fingerprint density at radius 2 is 1.97 bits per heavy atom. The van der Waals surface area contributed by atoms with E-state index in [1.165, 1.54) is 25.9 Å². The van der Waals surface area contributed by atoms with Crippen LogP contribution in [0.2, 0.25) is 5.02 Å². The smallest absolute Gasteiger partial charge is 0.256 e. The maximum atomic E-state index is 12.6. The van der Waals surface area contributed by atoms with Crippen LogP contribution in [-0.4, -0.2) is 42.0 Å². The van der Waals surface area contributed by atoms with Crippen LogP contribution in [0.15, 0.2) is 59.0 Å². The van der Waals surface area contributed by atoms with Gasteiger partial charge < -0.3 is 20.0 Å². The molecular formula is C29H27ClN4O2. The molecule has 4 heterocycles. The predicted octanol–water partition coefficient (Wildman–Crippen LogP) is 6.46. The summed E-state index contributed by atoms with van der Waals surface area (Å²) in [5.41, 5.74) is 5.91. The fourth-order valence-electron chi connectivity index (χ4n) is 5.10. The number of carbonyl (C=O) groups is 1. The average molecular weight is 499 g/mol. The Morgan fingerprint density at radius 1 is 1.11 bits per heavy atom. The van der Waals surface area contributed by atoms with E-state index < -0.39 is 0 Å². The Morgan fingerprint density at radius 3 is 2.83 bits per heavy atom. The first kappa shape index (κ1) is 22.8. The molecule has 6 rings (SSSR count). The molecule has 0 spiro atoms. The Kier molecular flexibility index (Phi) is 5.99. The second-order valence-electron chi connectivity index (χ2n) is 9.39. The minimum absolute atomic E-state index is 0.169. The van der Waals surface area contributed by atoms with Gasteiger partial charge in [0.15, 0.2) is 0 Å². The van der Waals surface area contributed by atoms with E-state index >= 15 is 0 Å². The summed E-state index contributed by atoms with van der Waals surface area (Å²) in [5.74, 6) is 1.13. The third-order valence-corrected chi connectivity index (χ3v) is 7.09. The SMILES string of the molecule is Cc1cc(NCCN2CCCC2)c2cccc(-c3ccc(/C=C4/C(=O)Nc5ccc(Cl)cc54)o3)c2n1. The number of rotatable bonds is 6. The number of para-hydroxylation sites is 1. The Bertz CT molecular complexity index is 1500. The van der Waals surface area contributed by atoms with Crippen molar-refractivity contribution in [2.24, 2.45) is 0 Å². The van der Waals surface area contributed by atoms with Gasteiger partial charge in [-0.15, -0.1) is 0 Å². The van der Waals surface area contributed by atoms with Crippen molar-refractivity contribution in [3.63, 3.8) is 0 Å². The molecule has 2 aromatic carbocycles. The highest BCUT2D eigenvalue weighted by atomic mass is 35.5. The van der Waals surface area contributed by atoms with E-state index in [-0.39, 0.29) is 5.91 Å². The van der Waals surface area contributed by atoms with Crippen LogP contribution in [-0.2, 0) is 4.79 Å². The number of carbonyl (C=O) groups excluding carboxylic acids is 1. The first-order valence-corrected chi connectivity index (χ1v) is 12.7. The number of pyridine rings is 1. The van der Waals surface area contributed by atoms with Crippen LogP contribution in [0.4, 0.5) is 11.4 Å². The van der Waals surface area contributed by atoms with Gasteiger partial charge in [0.1, 0.15) is 11.5 Å². The summed E-state index contributed by atoms with van der Waals surface area (Å²) in [6.45, 7) is 6.34. The number of hydrogen-bond acceptors (Lipinski definition) is 5. The number of amides is 1. The van der Waals surface area contributed by atoms with Crippen molar-refractivity contribution in [2.75, 3.05) is 36.8 Å².